The highest BCUT2D eigenvalue weighted by molar-refractivity contribution is 9.10. The van der Waals surface area contributed by atoms with Crippen molar-refractivity contribution < 1.29 is 14.3 Å². The number of rotatable bonds is 2. The Labute approximate surface area is 161 Å². The van der Waals surface area contributed by atoms with Crippen molar-refractivity contribution in [3.05, 3.63) is 62.8 Å². The molecule has 26 heavy (non-hydrogen) atoms. The fraction of sp³-hybridized carbons (Fsp3) is 0.286. The van der Waals surface area contributed by atoms with E-state index < -0.39 is 0 Å². The Morgan fingerprint density at radius 1 is 1.23 bits per heavy atom. The molecule has 0 atom stereocenters. The van der Waals surface area contributed by atoms with Crippen LogP contribution in [0.2, 0.25) is 0 Å². The summed E-state index contributed by atoms with van der Waals surface area (Å²) in [7, 11) is 0. The molecule has 2 aliphatic rings. The van der Waals surface area contributed by atoms with E-state index in [2.05, 4.69) is 34.7 Å². The van der Waals surface area contributed by atoms with Gasteiger partial charge in [-0.1, -0.05) is 34.1 Å². The van der Waals surface area contributed by atoms with E-state index in [1.165, 1.54) is 0 Å². The van der Waals surface area contributed by atoms with E-state index in [9.17, 15) is 4.79 Å². The first kappa shape index (κ1) is 17.3. The lowest BCUT2D eigenvalue weighted by molar-refractivity contribution is 0.0678. The van der Waals surface area contributed by atoms with Crippen LogP contribution in [0.3, 0.4) is 0 Å². The Morgan fingerprint density at radius 3 is 2.73 bits per heavy atom. The number of ketones is 1. The van der Waals surface area contributed by atoms with Crippen LogP contribution >= 0.6 is 15.9 Å². The standard InChI is InChI=1S/C21H20BrNO3/c1-12(2)23-10-15-8-16-19(24)18(9-14-6-4-5-7-17(14)22)26-21(16)13(3)20(15)25-11-23/h4-9,12H,10-11H2,1-3H3/b18-9-. The number of hydrogen-bond donors (Lipinski definition) is 0. The minimum absolute atomic E-state index is 0.0803. The number of hydrogen-bond acceptors (Lipinski definition) is 4. The van der Waals surface area contributed by atoms with Gasteiger partial charge in [0.1, 0.15) is 18.2 Å². The lowest BCUT2D eigenvalue weighted by atomic mass is 9.99. The monoisotopic (exact) mass is 413 g/mol. The van der Waals surface area contributed by atoms with Gasteiger partial charge in [0, 0.05) is 28.2 Å². The summed E-state index contributed by atoms with van der Waals surface area (Å²) < 4.78 is 12.8. The van der Waals surface area contributed by atoms with E-state index in [1.54, 1.807) is 6.08 Å². The third-order valence-electron chi connectivity index (χ3n) is 4.89. The Hall–Kier alpha value is -2.11. The molecule has 0 saturated heterocycles. The molecule has 0 amide bonds. The second-order valence-electron chi connectivity index (χ2n) is 6.94. The van der Waals surface area contributed by atoms with Gasteiger partial charge in [-0.05, 0) is 44.5 Å². The maximum atomic E-state index is 12.9. The molecule has 0 spiro atoms. The van der Waals surface area contributed by atoms with Crippen LogP contribution in [-0.4, -0.2) is 23.5 Å². The number of halogens is 1. The van der Waals surface area contributed by atoms with Gasteiger partial charge < -0.3 is 9.47 Å². The normalized spacial score (nSPS) is 17.9. The van der Waals surface area contributed by atoms with Gasteiger partial charge in [0.25, 0.3) is 0 Å². The minimum Gasteiger partial charge on any atom is -0.477 e. The summed E-state index contributed by atoms with van der Waals surface area (Å²) in [5.41, 5.74) is 3.46. The van der Waals surface area contributed by atoms with Crippen LogP contribution in [0.4, 0.5) is 0 Å². The van der Waals surface area contributed by atoms with E-state index in [1.807, 2.05) is 37.3 Å². The van der Waals surface area contributed by atoms with E-state index in [-0.39, 0.29) is 5.78 Å². The number of carbonyl (C=O) groups excluding carboxylic acids is 1. The zero-order chi connectivity index (χ0) is 18.4. The molecule has 0 N–H and O–H groups in total. The van der Waals surface area contributed by atoms with Gasteiger partial charge in [0.15, 0.2) is 5.76 Å². The van der Waals surface area contributed by atoms with Gasteiger partial charge in [-0.25, -0.2) is 0 Å². The Morgan fingerprint density at radius 2 is 2.00 bits per heavy atom. The van der Waals surface area contributed by atoms with Crippen molar-refractivity contribution in [2.24, 2.45) is 0 Å². The number of allylic oxidation sites excluding steroid dienone is 1. The third kappa shape index (κ3) is 2.85. The van der Waals surface area contributed by atoms with Crippen LogP contribution in [0.15, 0.2) is 40.6 Å². The van der Waals surface area contributed by atoms with Crippen molar-refractivity contribution in [3.8, 4) is 11.5 Å². The van der Waals surface area contributed by atoms with Gasteiger partial charge >= 0.3 is 0 Å². The highest BCUT2D eigenvalue weighted by Crippen LogP contribution is 2.43. The molecule has 0 radical (unpaired) electrons. The SMILES string of the molecule is Cc1c2c(cc3c1O/C(=C\c1ccccc1Br)C3=O)CN(C(C)C)CO2. The minimum atomic E-state index is -0.0803. The third-order valence-corrected chi connectivity index (χ3v) is 5.61. The average molecular weight is 414 g/mol. The summed E-state index contributed by atoms with van der Waals surface area (Å²) in [6.45, 7) is 7.57. The molecule has 4 rings (SSSR count). The van der Waals surface area contributed by atoms with Crippen LogP contribution in [0.5, 0.6) is 11.5 Å². The Balaban J connectivity index is 1.74. The lowest BCUT2D eigenvalue weighted by Crippen LogP contribution is -2.37. The van der Waals surface area contributed by atoms with Gasteiger partial charge in [0.05, 0.1) is 5.56 Å². The van der Waals surface area contributed by atoms with Crippen LogP contribution in [0.1, 0.15) is 40.9 Å². The van der Waals surface area contributed by atoms with Gasteiger partial charge in [-0.3, -0.25) is 9.69 Å². The molecule has 2 aromatic carbocycles. The molecule has 4 nitrogen and oxygen atoms in total. The maximum Gasteiger partial charge on any atom is 0.231 e. The summed E-state index contributed by atoms with van der Waals surface area (Å²) in [6.07, 6.45) is 1.78. The number of Topliss-reactive ketones (excluding diaryl/α,β-unsaturated/α-hetero) is 1. The van der Waals surface area contributed by atoms with Crippen molar-refractivity contribution in [3.63, 3.8) is 0 Å². The molecule has 0 unspecified atom stereocenters. The molecule has 2 aromatic rings. The topological polar surface area (TPSA) is 38.8 Å². The quantitative estimate of drug-likeness (QED) is 0.653. The molecule has 0 aromatic heterocycles. The van der Waals surface area contributed by atoms with E-state index in [0.717, 1.165) is 33.5 Å². The maximum absolute atomic E-state index is 12.9. The predicted molar refractivity (Wildman–Crippen MR) is 104 cm³/mol. The van der Waals surface area contributed by atoms with Crippen LogP contribution < -0.4 is 9.47 Å². The molecule has 0 saturated carbocycles. The molecule has 0 bridgehead atoms. The first-order chi connectivity index (χ1) is 12.5. The largest absolute Gasteiger partial charge is 0.477 e. The van der Waals surface area contributed by atoms with E-state index in [0.29, 0.717) is 29.8 Å². The van der Waals surface area contributed by atoms with E-state index >= 15 is 0 Å². The molecule has 5 heteroatoms. The Bertz CT molecular complexity index is 933. The first-order valence-corrected chi connectivity index (χ1v) is 9.47. The highest BCUT2D eigenvalue weighted by Gasteiger charge is 2.33. The van der Waals surface area contributed by atoms with Crippen LogP contribution in [-0.2, 0) is 6.54 Å². The first-order valence-electron chi connectivity index (χ1n) is 8.68. The van der Waals surface area contributed by atoms with Gasteiger partial charge in [0.2, 0.25) is 5.78 Å². The van der Waals surface area contributed by atoms with Crippen LogP contribution in [0.25, 0.3) is 6.08 Å². The van der Waals surface area contributed by atoms with Crippen molar-refractivity contribution >= 4 is 27.8 Å². The predicted octanol–water partition coefficient (Wildman–Crippen LogP) is 4.93. The zero-order valence-corrected chi connectivity index (χ0v) is 16.6. The number of carbonyl (C=O) groups is 1. The lowest BCUT2D eigenvalue weighted by Gasteiger charge is -2.32. The molecule has 2 aliphatic heterocycles. The van der Waals surface area contributed by atoms with E-state index in [4.69, 9.17) is 9.47 Å². The average Bonchev–Trinajstić information content (AvgIpc) is 2.93. The summed E-state index contributed by atoms with van der Waals surface area (Å²) in [5.74, 6) is 1.72. The van der Waals surface area contributed by atoms with Crippen molar-refractivity contribution in [1.82, 2.24) is 4.90 Å². The summed E-state index contributed by atoms with van der Waals surface area (Å²) >= 11 is 3.51. The molecular weight excluding hydrogens is 394 g/mol. The number of fused-ring (bicyclic) bond motifs is 2. The van der Waals surface area contributed by atoms with Gasteiger partial charge in [-0.2, -0.15) is 0 Å². The van der Waals surface area contributed by atoms with Gasteiger partial charge in [-0.15, -0.1) is 0 Å². The highest BCUT2D eigenvalue weighted by atomic mass is 79.9. The van der Waals surface area contributed by atoms with Crippen molar-refractivity contribution in [2.75, 3.05) is 6.73 Å². The fourth-order valence-electron chi connectivity index (χ4n) is 3.33. The zero-order valence-electron chi connectivity index (χ0n) is 15.0. The fourth-order valence-corrected chi connectivity index (χ4v) is 3.73. The van der Waals surface area contributed by atoms with Crippen molar-refractivity contribution in [2.45, 2.75) is 33.4 Å². The van der Waals surface area contributed by atoms with Crippen molar-refractivity contribution in [1.29, 1.82) is 0 Å². The second kappa shape index (κ2) is 6.56. The number of ether oxygens (including phenoxy) is 2. The summed E-state index contributed by atoms with van der Waals surface area (Å²) in [4.78, 5) is 15.1. The molecule has 0 fully saturated rings. The molecular formula is C21H20BrNO3. The summed E-state index contributed by atoms with van der Waals surface area (Å²) in [5, 5.41) is 0. The number of benzene rings is 2. The number of nitrogens with zero attached hydrogens (tertiary/aromatic N) is 1. The smallest absolute Gasteiger partial charge is 0.231 e. The van der Waals surface area contributed by atoms with Crippen LogP contribution in [0, 0.1) is 6.92 Å². The Kier molecular flexibility index (Phi) is 4.37. The summed E-state index contributed by atoms with van der Waals surface area (Å²) in [6, 6.07) is 10.1. The molecule has 2 heterocycles. The molecule has 134 valence electrons. The second-order valence-corrected chi connectivity index (χ2v) is 7.80. The molecule has 0 aliphatic carbocycles.